The van der Waals surface area contributed by atoms with Gasteiger partial charge in [-0.05, 0) is 60.4 Å². The number of unbranched alkanes of at least 4 members (excludes halogenated alkanes) is 2. The first-order valence-corrected chi connectivity index (χ1v) is 12.7. The van der Waals surface area contributed by atoms with Gasteiger partial charge in [0.2, 0.25) is 0 Å². The smallest absolute Gasteiger partial charge is 0.295 e. The van der Waals surface area contributed by atoms with E-state index >= 15 is 0 Å². The quantitative estimate of drug-likeness (QED) is 0.147. The van der Waals surface area contributed by atoms with Crippen molar-refractivity contribution >= 4 is 29.1 Å². The van der Waals surface area contributed by atoms with Crippen molar-refractivity contribution in [2.45, 2.75) is 38.6 Å². The lowest BCUT2D eigenvalue weighted by molar-refractivity contribution is -0.139. The summed E-state index contributed by atoms with van der Waals surface area (Å²) in [7, 11) is 0. The van der Waals surface area contributed by atoms with E-state index in [-0.39, 0.29) is 11.3 Å². The molecule has 6 heteroatoms. The van der Waals surface area contributed by atoms with Crippen LogP contribution in [0.3, 0.4) is 0 Å². The third-order valence-electron chi connectivity index (χ3n) is 6.33. The van der Waals surface area contributed by atoms with Gasteiger partial charge in [0.1, 0.15) is 11.5 Å². The summed E-state index contributed by atoms with van der Waals surface area (Å²) in [6.07, 6.45) is 3.72. The average molecular weight is 504 g/mol. The van der Waals surface area contributed by atoms with E-state index in [2.05, 4.69) is 6.92 Å². The highest BCUT2D eigenvalue weighted by molar-refractivity contribution is 6.46. The molecule has 0 saturated carbocycles. The first-order valence-electron chi connectivity index (χ1n) is 12.3. The Labute approximate surface area is 217 Å². The second-order valence-electron chi connectivity index (χ2n) is 8.86. The molecule has 3 aromatic carbocycles. The lowest BCUT2D eigenvalue weighted by atomic mass is 9.95. The predicted octanol–water partition coefficient (Wildman–Crippen LogP) is 6.57. The molecular formula is C30H30ClNO4. The lowest BCUT2D eigenvalue weighted by Gasteiger charge is -2.26. The molecule has 1 amide bonds. The van der Waals surface area contributed by atoms with Gasteiger partial charge in [-0.15, -0.1) is 0 Å². The standard InChI is InChI=1S/C30H30ClNO4/c1-2-3-7-19-36-25-12-8-11-23(20-25)27-26(28(33)22-13-15-24(31)16-14-22)29(34)30(35)32(27)18-17-21-9-5-4-6-10-21/h4-6,8-16,20,27,33H,2-3,7,17-19H2,1H3/b28-26+. The van der Waals surface area contributed by atoms with Gasteiger partial charge in [0.15, 0.2) is 0 Å². The summed E-state index contributed by atoms with van der Waals surface area (Å²) in [5, 5.41) is 11.7. The number of aliphatic hydroxyl groups excluding tert-OH is 1. The molecule has 1 saturated heterocycles. The molecule has 0 bridgehead atoms. The van der Waals surface area contributed by atoms with Crippen LogP contribution < -0.4 is 4.74 Å². The van der Waals surface area contributed by atoms with Gasteiger partial charge in [-0.2, -0.15) is 0 Å². The maximum absolute atomic E-state index is 13.3. The molecule has 1 aliphatic rings. The van der Waals surface area contributed by atoms with Crippen LogP contribution in [0.4, 0.5) is 0 Å². The number of carbonyl (C=O) groups is 2. The summed E-state index contributed by atoms with van der Waals surface area (Å²) < 4.78 is 5.94. The highest BCUT2D eigenvalue weighted by Gasteiger charge is 2.45. The Balaban J connectivity index is 1.72. The van der Waals surface area contributed by atoms with E-state index in [0.717, 1.165) is 24.8 Å². The Morgan fingerprint density at radius 3 is 2.44 bits per heavy atom. The molecule has 4 rings (SSSR count). The van der Waals surface area contributed by atoms with Crippen molar-refractivity contribution in [3.8, 4) is 5.75 Å². The number of ether oxygens (including phenoxy) is 1. The fraction of sp³-hybridized carbons (Fsp3) is 0.267. The number of halogens is 1. The molecule has 1 N–H and O–H groups in total. The van der Waals surface area contributed by atoms with Gasteiger partial charge in [0, 0.05) is 17.1 Å². The summed E-state index contributed by atoms with van der Waals surface area (Å²) in [5.74, 6) is -0.870. The number of rotatable bonds is 10. The molecule has 0 spiro atoms. The number of ketones is 1. The Hall–Kier alpha value is -3.57. The molecule has 1 fully saturated rings. The molecule has 36 heavy (non-hydrogen) atoms. The Morgan fingerprint density at radius 2 is 1.72 bits per heavy atom. The number of benzene rings is 3. The summed E-state index contributed by atoms with van der Waals surface area (Å²) in [5.41, 5.74) is 2.27. The summed E-state index contributed by atoms with van der Waals surface area (Å²) >= 11 is 6.01. The first kappa shape index (κ1) is 25.5. The zero-order valence-electron chi connectivity index (χ0n) is 20.3. The molecule has 1 unspecified atom stereocenters. The molecule has 1 atom stereocenters. The van der Waals surface area contributed by atoms with E-state index in [4.69, 9.17) is 16.3 Å². The number of Topliss-reactive ketones (excluding diaryl/α,β-unsaturated/α-hetero) is 1. The van der Waals surface area contributed by atoms with Crippen molar-refractivity contribution in [3.05, 3.63) is 106 Å². The van der Waals surface area contributed by atoms with Crippen molar-refractivity contribution in [1.82, 2.24) is 4.90 Å². The number of hydrogen-bond acceptors (Lipinski definition) is 4. The molecule has 0 aromatic heterocycles. The largest absolute Gasteiger partial charge is 0.507 e. The van der Waals surface area contributed by atoms with E-state index < -0.39 is 17.7 Å². The number of nitrogens with zero attached hydrogens (tertiary/aromatic N) is 1. The maximum atomic E-state index is 13.3. The Bertz CT molecular complexity index is 1240. The van der Waals surface area contributed by atoms with E-state index in [9.17, 15) is 14.7 Å². The summed E-state index contributed by atoms with van der Waals surface area (Å²) in [4.78, 5) is 28.0. The Morgan fingerprint density at radius 1 is 0.972 bits per heavy atom. The topological polar surface area (TPSA) is 66.8 Å². The van der Waals surface area contributed by atoms with Gasteiger partial charge >= 0.3 is 0 Å². The molecule has 3 aromatic rings. The highest BCUT2D eigenvalue weighted by atomic mass is 35.5. The number of hydrogen-bond donors (Lipinski definition) is 1. The predicted molar refractivity (Wildman–Crippen MR) is 142 cm³/mol. The van der Waals surface area contributed by atoms with E-state index in [1.165, 1.54) is 0 Å². The minimum atomic E-state index is -0.733. The highest BCUT2D eigenvalue weighted by Crippen LogP contribution is 2.40. The number of likely N-dealkylation sites (tertiary alicyclic amines) is 1. The average Bonchev–Trinajstić information content (AvgIpc) is 3.16. The Kier molecular flexibility index (Phi) is 8.44. The molecule has 5 nitrogen and oxygen atoms in total. The van der Waals surface area contributed by atoms with Gasteiger partial charge < -0.3 is 14.7 Å². The van der Waals surface area contributed by atoms with Crippen molar-refractivity contribution in [1.29, 1.82) is 0 Å². The molecule has 0 radical (unpaired) electrons. The zero-order chi connectivity index (χ0) is 25.5. The van der Waals surface area contributed by atoms with Crippen LogP contribution in [0.1, 0.15) is 48.9 Å². The van der Waals surface area contributed by atoms with Gasteiger partial charge in [0.25, 0.3) is 11.7 Å². The fourth-order valence-corrected chi connectivity index (χ4v) is 4.56. The zero-order valence-corrected chi connectivity index (χ0v) is 21.1. The monoisotopic (exact) mass is 503 g/mol. The summed E-state index contributed by atoms with van der Waals surface area (Å²) in [6, 6.07) is 23.1. The number of amides is 1. The second kappa shape index (κ2) is 11.9. The van der Waals surface area contributed by atoms with Gasteiger partial charge in [-0.1, -0.05) is 73.8 Å². The van der Waals surface area contributed by atoms with Crippen molar-refractivity contribution in [2.24, 2.45) is 0 Å². The van der Waals surface area contributed by atoms with Crippen LogP contribution >= 0.6 is 11.6 Å². The number of aliphatic hydroxyl groups is 1. The molecular weight excluding hydrogens is 474 g/mol. The lowest BCUT2D eigenvalue weighted by Crippen LogP contribution is -2.31. The molecule has 0 aliphatic carbocycles. The van der Waals surface area contributed by atoms with Gasteiger partial charge in [0.05, 0.1) is 18.2 Å². The van der Waals surface area contributed by atoms with Crippen molar-refractivity contribution in [2.75, 3.05) is 13.2 Å². The van der Waals surface area contributed by atoms with Crippen LogP contribution in [-0.2, 0) is 16.0 Å². The van der Waals surface area contributed by atoms with Crippen LogP contribution in [0.2, 0.25) is 5.02 Å². The number of carbonyl (C=O) groups excluding carboxylic acids is 2. The molecule has 1 aliphatic heterocycles. The van der Waals surface area contributed by atoms with E-state index in [1.807, 2.05) is 54.6 Å². The molecule has 186 valence electrons. The van der Waals surface area contributed by atoms with Crippen molar-refractivity contribution in [3.63, 3.8) is 0 Å². The van der Waals surface area contributed by atoms with Crippen LogP contribution in [0.15, 0.2) is 84.4 Å². The van der Waals surface area contributed by atoms with Crippen LogP contribution in [0, 0.1) is 0 Å². The van der Waals surface area contributed by atoms with Crippen LogP contribution in [-0.4, -0.2) is 34.8 Å². The van der Waals surface area contributed by atoms with E-state index in [1.54, 1.807) is 29.2 Å². The third kappa shape index (κ3) is 5.80. The van der Waals surface area contributed by atoms with Crippen molar-refractivity contribution < 1.29 is 19.4 Å². The second-order valence-corrected chi connectivity index (χ2v) is 9.30. The minimum Gasteiger partial charge on any atom is -0.507 e. The first-order chi connectivity index (χ1) is 17.5. The maximum Gasteiger partial charge on any atom is 0.295 e. The fourth-order valence-electron chi connectivity index (χ4n) is 4.43. The van der Waals surface area contributed by atoms with Gasteiger partial charge in [-0.25, -0.2) is 0 Å². The van der Waals surface area contributed by atoms with Crippen LogP contribution in [0.25, 0.3) is 5.76 Å². The van der Waals surface area contributed by atoms with E-state index in [0.29, 0.717) is 41.5 Å². The minimum absolute atomic E-state index is 0.0681. The summed E-state index contributed by atoms with van der Waals surface area (Å²) in [6.45, 7) is 3.06. The third-order valence-corrected chi connectivity index (χ3v) is 6.58. The van der Waals surface area contributed by atoms with Crippen LogP contribution in [0.5, 0.6) is 5.75 Å². The van der Waals surface area contributed by atoms with Gasteiger partial charge in [-0.3, -0.25) is 9.59 Å². The normalized spacial score (nSPS) is 16.9. The molecule has 1 heterocycles. The SMILES string of the molecule is CCCCCOc1cccc(C2/C(=C(\O)c3ccc(Cl)cc3)C(=O)C(=O)N2CCc2ccccc2)c1.